The van der Waals surface area contributed by atoms with Crippen LogP contribution in [0.25, 0.3) is 0 Å². The van der Waals surface area contributed by atoms with Crippen molar-refractivity contribution in [3.8, 4) is 6.07 Å². The number of hydrogen-bond donors (Lipinski definition) is 0. The van der Waals surface area contributed by atoms with Gasteiger partial charge in [-0.15, -0.1) is 0 Å². The van der Waals surface area contributed by atoms with E-state index >= 15 is 0 Å². The minimum Gasteiger partial charge on any atom is -0.372 e. The highest BCUT2D eigenvalue weighted by Gasteiger charge is 2.23. The van der Waals surface area contributed by atoms with Crippen molar-refractivity contribution >= 4 is 11.5 Å². The molecule has 0 spiro atoms. The molecule has 2 rings (SSSR count). The Hall–Kier alpha value is -1.86. The summed E-state index contributed by atoms with van der Waals surface area (Å²) in [5, 5.41) is 9.04. The molecule has 0 bridgehead atoms. The summed E-state index contributed by atoms with van der Waals surface area (Å²) in [6.07, 6.45) is 2.42. The van der Waals surface area contributed by atoms with Crippen molar-refractivity contribution in [3.63, 3.8) is 0 Å². The minimum absolute atomic E-state index is 0.0381. The molecule has 1 aliphatic heterocycles. The van der Waals surface area contributed by atoms with Gasteiger partial charge in [0.15, 0.2) is 5.78 Å². The number of ketones is 1. The largest absolute Gasteiger partial charge is 0.372 e. The molecule has 1 fully saturated rings. The van der Waals surface area contributed by atoms with Crippen molar-refractivity contribution in [2.75, 3.05) is 32.1 Å². The molecule has 20 heavy (non-hydrogen) atoms. The molecule has 0 N–H and O–H groups in total. The molecule has 0 amide bonds. The number of rotatable bonds is 4. The van der Waals surface area contributed by atoms with E-state index in [0.29, 0.717) is 17.2 Å². The first-order valence-corrected chi connectivity index (χ1v) is 6.99. The number of likely N-dealkylation sites (N-methyl/N-ethyl adjacent to an activating group) is 2. The molecule has 0 aliphatic carbocycles. The molecular weight excluding hydrogens is 250 g/mol. The van der Waals surface area contributed by atoms with E-state index in [1.807, 2.05) is 13.1 Å². The van der Waals surface area contributed by atoms with Crippen LogP contribution in [0.1, 0.15) is 35.7 Å². The van der Waals surface area contributed by atoms with Gasteiger partial charge in [0.25, 0.3) is 0 Å². The number of carbonyl (C=O) groups excluding carboxylic acids is 1. The molecule has 4 nitrogen and oxygen atoms in total. The molecule has 1 aromatic rings. The van der Waals surface area contributed by atoms with Crippen LogP contribution in [0.4, 0.5) is 5.69 Å². The Morgan fingerprint density at radius 3 is 2.85 bits per heavy atom. The summed E-state index contributed by atoms with van der Waals surface area (Å²) in [7, 11) is 4.14. The highest BCUT2D eigenvalue weighted by atomic mass is 16.1. The Bertz CT molecular complexity index is 547. The maximum Gasteiger partial charge on any atom is 0.161 e. The Morgan fingerprint density at radius 1 is 1.55 bits per heavy atom. The third-order valence-corrected chi connectivity index (χ3v) is 4.07. The summed E-state index contributed by atoms with van der Waals surface area (Å²) in [6, 6.07) is 7.93. The van der Waals surface area contributed by atoms with Crippen molar-refractivity contribution in [1.29, 1.82) is 5.26 Å². The van der Waals surface area contributed by atoms with E-state index < -0.39 is 0 Å². The number of hydrogen-bond acceptors (Lipinski definition) is 4. The monoisotopic (exact) mass is 271 g/mol. The molecule has 1 heterocycles. The molecule has 106 valence electrons. The normalized spacial score (nSPS) is 18.8. The molecule has 0 radical (unpaired) electrons. The van der Waals surface area contributed by atoms with Crippen LogP contribution in [0.3, 0.4) is 0 Å². The molecule has 1 saturated heterocycles. The predicted molar refractivity (Wildman–Crippen MR) is 80.1 cm³/mol. The van der Waals surface area contributed by atoms with Crippen molar-refractivity contribution in [1.82, 2.24) is 4.90 Å². The van der Waals surface area contributed by atoms with Gasteiger partial charge >= 0.3 is 0 Å². The fourth-order valence-electron chi connectivity index (χ4n) is 2.84. The summed E-state index contributed by atoms with van der Waals surface area (Å²) in [5.74, 6) is 0.0381. The van der Waals surface area contributed by atoms with Crippen LogP contribution >= 0.6 is 0 Å². The first kappa shape index (κ1) is 14.5. The molecule has 0 aromatic heterocycles. The van der Waals surface area contributed by atoms with E-state index in [0.717, 1.165) is 18.8 Å². The Morgan fingerprint density at radius 2 is 2.30 bits per heavy atom. The Kier molecular flexibility index (Phi) is 4.41. The molecule has 1 aromatic carbocycles. The second-order valence-electron chi connectivity index (χ2n) is 5.56. The molecule has 1 atom stereocenters. The van der Waals surface area contributed by atoms with Gasteiger partial charge in [0.05, 0.1) is 11.6 Å². The van der Waals surface area contributed by atoms with Gasteiger partial charge in [-0.05, 0) is 51.6 Å². The first-order valence-electron chi connectivity index (χ1n) is 6.99. The lowest BCUT2D eigenvalue weighted by Crippen LogP contribution is -2.37. The lowest BCUT2D eigenvalue weighted by Gasteiger charge is -2.28. The highest BCUT2D eigenvalue weighted by molar-refractivity contribution is 6.00. The fraction of sp³-hybridized carbons (Fsp3) is 0.500. The zero-order chi connectivity index (χ0) is 14.7. The van der Waals surface area contributed by atoms with Gasteiger partial charge in [0.2, 0.25) is 0 Å². The summed E-state index contributed by atoms with van der Waals surface area (Å²) < 4.78 is 0. The first-order chi connectivity index (χ1) is 9.52. The van der Waals surface area contributed by atoms with Gasteiger partial charge in [-0.3, -0.25) is 4.79 Å². The maximum atomic E-state index is 11.8. The smallest absolute Gasteiger partial charge is 0.161 e. The van der Waals surface area contributed by atoms with Crippen molar-refractivity contribution < 1.29 is 4.79 Å². The number of nitrogens with zero attached hydrogens (tertiary/aromatic N) is 3. The highest BCUT2D eigenvalue weighted by Crippen LogP contribution is 2.24. The van der Waals surface area contributed by atoms with E-state index in [2.05, 4.69) is 22.9 Å². The predicted octanol–water partition coefficient (Wildman–Crippen LogP) is 2.29. The van der Waals surface area contributed by atoms with E-state index in [-0.39, 0.29) is 5.78 Å². The van der Waals surface area contributed by atoms with Gasteiger partial charge in [-0.25, -0.2) is 0 Å². The van der Waals surface area contributed by atoms with Crippen LogP contribution in [0.5, 0.6) is 0 Å². The van der Waals surface area contributed by atoms with Crippen LogP contribution in [0.15, 0.2) is 18.2 Å². The lowest BCUT2D eigenvalue weighted by atomic mass is 10.0. The van der Waals surface area contributed by atoms with E-state index in [1.165, 1.54) is 12.8 Å². The molecule has 0 saturated carbocycles. The van der Waals surface area contributed by atoms with Gasteiger partial charge < -0.3 is 9.80 Å². The van der Waals surface area contributed by atoms with Gasteiger partial charge in [0.1, 0.15) is 0 Å². The lowest BCUT2D eigenvalue weighted by molar-refractivity contribution is 0.101. The Labute approximate surface area is 120 Å². The maximum absolute atomic E-state index is 11.8. The van der Waals surface area contributed by atoms with E-state index in [1.54, 1.807) is 19.1 Å². The second-order valence-corrected chi connectivity index (χ2v) is 5.56. The summed E-state index contributed by atoms with van der Waals surface area (Å²) >= 11 is 0. The van der Waals surface area contributed by atoms with Crippen LogP contribution < -0.4 is 4.90 Å². The second kappa shape index (κ2) is 6.06. The summed E-state index contributed by atoms with van der Waals surface area (Å²) in [4.78, 5) is 16.2. The fourth-order valence-corrected chi connectivity index (χ4v) is 2.84. The average Bonchev–Trinajstić information content (AvgIpc) is 2.83. The molecular formula is C16H21N3O. The number of anilines is 1. The quantitative estimate of drug-likeness (QED) is 0.788. The van der Waals surface area contributed by atoms with Crippen molar-refractivity contribution in [2.45, 2.75) is 25.8 Å². The zero-order valence-corrected chi connectivity index (χ0v) is 12.4. The summed E-state index contributed by atoms with van der Waals surface area (Å²) in [6.45, 7) is 3.59. The topological polar surface area (TPSA) is 47.3 Å². The van der Waals surface area contributed by atoms with Crippen LogP contribution in [-0.2, 0) is 0 Å². The number of Topliss-reactive ketones (excluding diaryl/α,β-unsaturated/α-hetero) is 1. The number of carbonyl (C=O) groups is 1. The minimum atomic E-state index is 0.0381. The Balaban J connectivity index is 2.25. The number of nitriles is 1. The van der Waals surface area contributed by atoms with Crippen molar-refractivity contribution in [2.24, 2.45) is 0 Å². The number of benzene rings is 1. The third-order valence-electron chi connectivity index (χ3n) is 4.07. The molecule has 1 aliphatic rings. The summed E-state index contributed by atoms with van der Waals surface area (Å²) in [5.41, 5.74) is 2.14. The van der Waals surface area contributed by atoms with Gasteiger partial charge in [-0.1, -0.05) is 0 Å². The van der Waals surface area contributed by atoms with Crippen LogP contribution in [0.2, 0.25) is 0 Å². The van der Waals surface area contributed by atoms with E-state index in [4.69, 9.17) is 5.26 Å². The van der Waals surface area contributed by atoms with Crippen LogP contribution in [0, 0.1) is 11.3 Å². The third kappa shape index (κ3) is 3.00. The standard InChI is InChI=1S/C16H21N3O/c1-12(20)15-7-6-13(10-17)9-16(15)19(3)11-14-5-4-8-18(14)2/h6-7,9,14H,4-5,8,11H2,1-3H3. The van der Waals surface area contributed by atoms with Crippen LogP contribution in [-0.4, -0.2) is 43.9 Å². The molecule has 1 unspecified atom stereocenters. The van der Waals surface area contributed by atoms with Crippen molar-refractivity contribution in [3.05, 3.63) is 29.3 Å². The molecule has 4 heteroatoms. The van der Waals surface area contributed by atoms with Gasteiger partial charge in [0, 0.05) is 30.9 Å². The van der Waals surface area contributed by atoms with Gasteiger partial charge in [-0.2, -0.15) is 5.26 Å². The average molecular weight is 271 g/mol. The zero-order valence-electron chi connectivity index (χ0n) is 12.4. The number of likely N-dealkylation sites (tertiary alicyclic amines) is 1. The van der Waals surface area contributed by atoms with E-state index in [9.17, 15) is 4.79 Å². The SMILES string of the molecule is CC(=O)c1ccc(C#N)cc1N(C)CC1CCCN1C.